The van der Waals surface area contributed by atoms with Crippen molar-refractivity contribution in [2.75, 3.05) is 32.7 Å². The summed E-state index contributed by atoms with van der Waals surface area (Å²) in [5.41, 5.74) is 5.54. The fourth-order valence-corrected chi connectivity index (χ4v) is 3.28. The van der Waals surface area contributed by atoms with E-state index in [0.717, 1.165) is 32.6 Å². The molecule has 0 aromatic heterocycles. The molecule has 2 rings (SSSR count). The van der Waals surface area contributed by atoms with E-state index in [0.29, 0.717) is 23.4 Å². The van der Waals surface area contributed by atoms with Gasteiger partial charge in [-0.05, 0) is 18.8 Å². The normalized spacial score (nSPS) is 29.5. The predicted octanol–water partition coefficient (Wildman–Crippen LogP) is 0.853. The Labute approximate surface area is 114 Å². The van der Waals surface area contributed by atoms with Crippen molar-refractivity contribution in [3.8, 4) is 0 Å². The van der Waals surface area contributed by atoms with Gasteiger partial charge in [-0.15, -0.1) is 0 Å². The number of carbonyl (C=O) groups excluding carboxylic acids is 1. The molecule has 1 aliphatic heterocycles. The highest BCUT2D eigenvalue weighted by atomic mass is 32.1. The van der Waals surface area contributed by atoms with Crippen LogP contribution in [0, 0.1) is 11.8 Å². The van der Waals surface area contributed by atoms with Crippen molar-refractivity contribution in [3.05, 3.63) is 0 Å². The molecule has 0 spiro atoms. The Morgan fingerprint density at radius 1 is 1.28 bits per heavy atom. The number of nitrogens with zero attached hydrogens (tertiary/aromatic N) is 2. The molecule has 4 nitrogen and oxygen atoms in total. The van der Waals surface area contributed by atoms with Gasteiger partial charge in [-0.2, -0.15) is 0 Å². The molecule has 18 heavy (non-hydrogen) atoms. The average Bonchev–Trinajstić information content (AvgIpc) is 2.75. The summed E-state index contributed by atoms with van der Waals surface area (Å²) in [6.45, 7) is 6.32. The lowest BCUT2D eigenvalue weighted by Crippen LogP contribution is -2.52. The second-order valence-corrected chi connectivity index (χ2v) is 6.11. The standard InChI is InChI=1S/C13H23N3OS/c1-10-3-2-4-11(10)13(17)16-7-5-15(6-8-16)9-12(14)18/h10-11H,2-9H2,1H3,(H2,14,18). The highest BCUT2D eigenvalue weighted by Crippen LogP contribution is 2.32. The molecule has 2 atom stereocenters. The number of carbonyl (C=O) groups is 1. The summed E-state index contributed by atoms with van der Waals surface area (Å²) in [7, 11) is 0. The maximum absolute atomic E-state index is 12.4. The average molecular weight is 269 g/mol. The van der Waals surface area contributed by atoms with Crippen molar-refractivity contribution >= 4 is 23.1 Å². The van der Waals surface area contributed by atoms with Crippen LogP contribution in [0.3, 0.4) is 0 Å². The number of rotatable bonds is 3. The molecule has 102 valence electrons. The van der Waals surface area contributed by atoms with Crippen LogP contribution in [-0.2, 0) is 4.79 Å². The molecule has 5 heteroatoms. The Balaban J connectivity index is 1.82. The molecule has 2 N–H and O–H groups in total. The van der Waals surface area contributed by atoms with Gasteiger partial charge in [-0.25, -0.2) is 0 Å². The SMILES string of the molecule is CC1CCCC1C(=O)N1CCN(CC(N)=S)CC1. The first-order valence-corrected chi connectivity index (χ1v) is 7.28. The lowest BCUT2D eigenvalue weighted by Gasteiger charge is -2.36. The zero-order valence-electron chi connectivity index (χ0n) is 11.1. The minimum absolute atomic E-state index is 0.270. The number of amides is 1. The molecule has 1 heterocycles. The van der Waals surface area contributed by atoms with E-state index >= 15 is 0 Å². The maximum atomic E-state index is 12.4. The van der Waals surface area contributed by atoms with E-state index in [4.69, 9.17) is 18.0 Å². The summed E-state index contributed by atoms with van der Waals surface area (Å²) >= 11 is 4.92. The van der Waals surface area contributed by atoms with E-state index in [-0.39, 0.29) is 5.92 Å². The van der Waals surface area contributed by atoms with Gasteiger partial charge in [0.2, 0.25) is 5.91 Å². The van der Waals surface area contributed by atoms with E-state index in [2.05, 4.69) is 11.8 Å². The Bertz CT molecular complexity index is 326. The zero-order chi connectivity index (χ0) is 13.1. The minimum Gasteiger partial charge on any atom is -0.392 e. The number of thiocarbonyl (C=S) groups is 1. The summed E-state index contributed by atoms with van der Waals surface area (Å²) in [4.78, 5) is 17.2. The van der Waals surface area contributed by atoms with Gasteiger partial charge < -0.3 is 10.6 Å². The molecule has 0 aromatic rings. The summed E-state index contributed by atoms with van der Waals surface area (Å²) in [6, 6.07) is 0. The Morgan fingerprint density at radius 2 is 1.94 bits per heavy atom. The molecule has 0 bridgehead atoms. The largest absolute Gasteiger partial charge is 0.392 e. The van der Waals surface area contributed by atoms with Crippen LogP contribution in [0.5, 0.6) is 0 Å². The number of piperazine rings is 1. The first kappa shape index (κ1) is 13.7. The van der Waals surface area contributed by atoms with Crippen LogP contribution in [0.4, 0.5) is 0 Å². The maximum Gasteiger partial charge on any atom is 0.226 e. The fraction of sp³-hybridized carbons (Fsp3) is 0.846. The van der Waals surface area contributed by atoms with Crippen LogP contribution in [-0.4, -0.2) is 53.4 Å². The summed E-state index contributed by atoms with van der Waals surface area (Å²) in [5.74, 6) is 1.20. The quantitative estimate of drug-likeness (QED) is 0.772. The van der Waals surface area contributed by atoms with E-state index in [1.54, 1.807) is 0 Å². The Hall–Kier alpha value is -0.680. The highest BCUT2D eigenvalue weighted by Gasteiger charge is 2.33. The van der Waals surface area contributed by atoms with Crippen LogP contribution in [0.15, 0.2) is 0 Å². The molecule has 1 aliphatic carbocycles. The van der Waals surface area contributed by atoms with Gasteiger partial charge in [0.1, 0.15) is 0 Å². The van der Waals surface area contributed by atoms with E-state index in [1.165, 1.54) is 12.8 Å². The molecular formula is C13H23N3OS. The molecular weight excluding hydrogens is 246 g/mol. The van der Waals surface area contributed by atoms with Crippen molar-refractivity contribution in [2.24, 2.45) is 17.6 Å². The summed E-state index contributed by atoms with van der Waals surface area (Å²) in [6.07, 6.45) is 3.49. The van der Waals surface area contributed by atoms with Crippen molar-refractivity contribution in [1.29, 1.82) is 0 Å². The molecule has 0 aromatic carbocycles. The molecule has 0 radical (unpaired) electrons. The summed E-state index contributed by atoms with van der Waals surface area (Å²) in [5, 5.41) is 0. The van der Waals surface area contributed by atoms with Gasteiger partial charge in [0.25, 0.3) is 0 Å². The second kappa shape index (κ2) is 5.97. The van der Waals surface area contributed by atoms with E-state index < -0.39 is 0 Å². The highest BCUT2D eigenvalue weighted by molar-refractivity contribution is 7.80. The van der Waals surface area contributed by atoms with Gasteiger partial charge in [0.15, 0.2) is 0 Å². The van der Waals surface area contributed by atoms with Crippen LogP contribution in [0.2, 0.25) is 0 Å². The molecule has 2 fully saturated rings. The first-order chi connectivity index (χ1) is 8.58. The van der Waals surface area contributed by atoms with Crippen molar-refractivity contribution in [1.82, 2.24) is 9.80 Å². The smallest absolute Gasteiger partial charge is 0.226 e. The molecule has 1 saturated carbocycles. The Kier molecular flexibility index (Phi) is 4.56. The van der Waals surface area contributed by atoms with E-state index in [9.17, 15) is 4.79 Å². The minimum atomic E-state index is 0.270. The van der Waals surface area contributed by atoms with Gasteiger partial charge in [-0.3, -0.25) is 9.69 Å². The fourth-order valence-electron chi connectivity index (χ4n) is 3.09. The first-order valence-electron chi connectivity index (χ1n) is 6.87. The lowest BCUT2D eigenvalue weighted by atomic mass is 9.96. The van der Waals surface area contributed by atoms with Crippen LogP contribution in [0.1, 0.15) is 26.2 Å². The zero-order valence-corrected chi connectivity index (χ0v) is 11.9. The third kappa shape index (κ3) is 3.20. The van der Waals surface area contributed by atoms with Crippen LogP contribution < -0.4 is 5.73 Å². The van der Waals surface area contributed by atoms with Crippen molar-refractivity contribution in [2.45, 2.75) is 26.2 Å². The molecule has 2 unspecified atom stereocenters. The van der Waals surface area contributed by atoms with Gasteiger partial charge in [0.05, 0.1) is 4.99 Å². The second-order valence-electron chi connectivity index (χ2n) is 5.58. The van der Waals surface area contributed by atoms with Crippen molar-refractivity contribution < 1.29 is 4.79 Å². The molecule has 1 amide bonds. The van der Waals surface area contributed by atoms with E-state index in [1.807, 2.05) is 4.90 Å². The number of hydrogen-bond donors (Lipinski definition) is 1. The lowest BCUT2D eigenvalue weighted by molar-refractivity contribution is -0.138. The topological polar surface area (TPSA) is 49.6 Å². The van der Waals surface area contributed by atoms with Gasteiger partial charge in [0, 0.05) is 38.6 Å². The summed E-state index contributed by atoms with van der Waals surface area (Å²) < 4.78 is 0. The predicted molar refractivity (Wildman–Crippen MR) is 76.3 cm³/mol. The third-order valence-electron chi connectivity index (χ3n) is 4.24. The molecule has 2 aliphatic rings. The Morgan fingerprint density at radius 3 is 2.44 bits per heavy atom. The number of nitrogens with two attached hydrogens (primary N) is 1. The van der Waals surface area contributed by atoms with Gasteiger partial charge in [-0.1, -0.05) is 25.6 Å². The monoisotopic (exact) mass is 269 g/mol. The molecule has 1 saturated heterocycles. The third-order valence-corrected chi connectivity index (χ3v) is 4.37. The number of hydrogen-bond acceptors (Lipinski definition) is 3. The van der Waals surface area contributed by atoms with Gasteiger partial charge >= 0.3 is 0 Å². The van der Waals surface area contributed by atoms with Crippen molar-refractivity contribution in [3.63, 3.8) is 0 Å². The van der Waals surface area contributed by atoms with Crippen LogP contribution in [0.25, 0.3) is 0 Å². The van der Waals surface area contributed by atoms with Crippen LogP contribution >= 0.6 is 12.2 Å².